The number of rotatable bonds is 20. The molecule has 2 aliphatic rings. The SMILES string of the molecule is O=C(O)COc1cc(OCC(=O)O)cc(-c2cc(OCC(=O)O)cc(C(=O)CCCNC(=O)CCCC[C@@H]3SC[C@@H]4NC(=O)N[C@@H]43)c2)c1. The Balaban J connectivity index is 1.33. The van der Waals surface area contributed by atoms with E-state index in [4.69, 9.17) is 29.5 Å². The van der Waals surface area contributed by atoms with Crippen LogP contribution in [0.1, 0.15) is 48.9 Å². The van der Waals surface area contributed by atoms with E-state index in [0.717, 1.165) is 18.6 Å². The molecule has 3 atom stereocenters. The summed E-state index contributed by atoms with van der Waals surface area (Å²) in [6.07, 6.45) is 3.23. The van der Waals surface area contributed by atoms with Gasteiger partial charge in [0.15, 0.2) is 25.6 Å². The first-order chi connectivity index (χ1) is 23.0. The van der Waals surface area contributed by atoms with Crippen molar-refractivity contribution in [2.24, 2.45) is 0 Å². The van der Waals surface area contributed by atoms with Crippen molar-refractivity contribution in [3.8, 4) is 28.4 Å². The van der Waals surface area contributed by atoms with Crippen LogP contribution in [0.15, 0.2) is 36.4 Å². The Morgan fingerprint density at radius 3 is 1.94 bits per heavy atom. The number of urea groups is 1. The standard InChI is InChI=1S/C32H37N3O12S/c36-25(4-3-7-33-27(37)6-2-1-5-26-31-24(17-48-26)34-32(44)35-31)20-8-18(9-21(12-20)45-14-28(38)39)19-10-22(46-15-29(40)41)13-23(11-19)47-16-30(42)43/h8-13,24,26,31H,1-7,14-17H2,(H,33,37)(H,38,39)(H,40,41)(H,42,43)(H2,34,35,44)/t24-,26-,31-/m0/s1. The Bertz CT molecular complexity index is 1500. The molecule has 0 radical (unpaired) electrons. The highest BCUT2D eigenvalue weighted by molar-refractivity contribution is 8.00. The number of carbonyl (C=O) groups excluding carboxylic acids is 3. The number of carbonyl (C=O) groups is 6. The monoisotopic (exact) mass is 687 g/mol. The maximum absolute atomic E-state index is 13.2. The van der Waals surface area contributed by atoms with Crippen molar-refractivity contribution >= 4 is 47.4 Å². The van der Waals surface area contributed by atoms with E-state index in [1.54, 1.807) is 0 Å². The molecule has 0 bridgehead atoms. The molecule has 0 aliphatic carbocycles. The van der Waals surface area contributed by atoms with Crippen LogP contribution in [0, 0.1) is 0 Å². The summed E-state index contributed by atoms with van der Waals surface area (Å²) in [6, 6.07) is 8.82. The number of carboxylic acid groups (broad SMARTS) is 3. The molecule has 2 saturated heterocycles. The van der Waals surface area contributed by atoms with Gasteiger partial charge in [-0.2, -0.15) is 11.8 Å². The van der Waals surface area contributed by atoms with Crippen molar-refractivity contribution in [3.63, 3.8) is 0 Å². The van der Waals surface area contributed by atoms with Crippen LogP contribution in [-0.4, -0.2) is 100 Å². The number of unbranched alkanes of at least 4 members (excludes halogenated alkanes) is 1. The summed E-state index contributed by atoms with van der Waals surface area (Å²) < 4.78 is 15.9. The molecule has 2 aliphatic heterocycles. The minimum atomic E-state index is -1.24. The third-order valence-corrected chi connectivity index (χ3v) is 9.02. The summed E-state index contributed by atoms with van der Waals surface area (Å²) in [6.45, 7) is -1.75. The molecule has 2 fully saturated rings. The first-order valence-electron chi connectivity index (χ1n) is 15.3. The Morgan fingerprint density at radius 1 is 0.750 bits per heavy atom. The highest BCUT2D eigenvalue weighted by Crippen LogP contribution is 2.34. The summed E-state index contributed by atoms with van der Waals surface area (Å²) in [5, 5.41) is 36.1. The van der Waals surface area contributed by atoms with E-state index in [-0.39, 0.29) is 65.6 Å². The quantitative estimate of drug-likeness (QED) is 0.0669. The predicted octanol–water partition coefficient (Wildman–Crippen LogP) is 2.55. The number of nitrogens with one attached hydrogen (secondary N) is 3. The first kappa shape index (κ1) is 35.9. The number of carboxylic acids is 3. The van der Waals surface area contributed by atoms with E-state index in [0.29, 0.717) is 35.6 Å². The van der Waals surface area contributed by atoms with E-state index in [9.17, 15) is 28.8 Å². The molecule has 4 rings (SSSR count). The van der Waals surface area contributed by atoms with E-state index >= 15 is 0 Å². The van der Waals surface area contributed by atoms with Crippen LogP contribution in [0.5, 0.6) is 17.2 Å². The molecule has 6 N–H and O–H groups in total. The lowest BCUT2D eigenvalue weighted by atomic mass is 9.98. The first-order valence-corrected chi connectivity index (χ1v) is 16.3. The zero-order chi connectivity index (χ0) is 34.6. The third-order valence-electron chi connectivity index (χ3n) is 7.51. The average molecular weight is 688 g/mol. The second kappa shape index (κ2) is 17.2. The van der Waals surface area contributed by atoms with Gasteiger partial charge in [0.2, 0.25) is 5.91 Å². The summed E-state index contributed by atoms with van der Waals surface area (Å²) >= 11 is 1.83. The topological polar surface area (TPSA) is 227 Å². The highest BCUT2D eigenvalue weighted by atomic mass is 32.2. The van der Waals surface area contributed by atoms with Crippen LogP contribution in [0.4, 0.5) is 4.79 Å². The lowest BCUT2D eigenvalue weighted by molar-refractivity contribution is -0.140. The van der Waals surface area contributed by atoms with Crippen molar-refractivity contribution in [2.45, 2.75) is 55.9 Å². The molecule has 3 amide bonds. The molecule has 2 aromatic rings. The molecule has 258 valence electrons. The number of hydrogen-bond donors (Lipinski definition) is 6. The number of ether oxygens (including phenoxy) is 3. The van der Waals surface area contributed by atoms with Crippen molar-refractivity contribution < 1.29 is 58.3 Å². The van der Waals surface area contributed by atoms with Gasteiger partial charge < -0.3 is 45.5 Å². The number of aliphatic carboxylic acids is 3. The average Bonchev–Trinajstić information content (AvgIpc) is 3.60. The molecule has 0 spiro atoms. The van der Waals surface area contributed by atoms with Crippen LogP contribution in [-0.2, 0) is 19.2 Å². The van der Waals surface area contributed by atoms with Crippen molar-refractivity contribution in [1.82, 2.24) is 16.0 Å². The lowest BCUT2D eigenvalue weighted by Crippen LogP contribution is -2.36. The second-order valence-electron chi connectivity index (χ2n) is 11.2. The van der Waals surface area contributed by atoms with E-state index in [1.807, 2.05) is 11.8 Å². The highest BCUT2D eigenvalue weighted by Gasteiger charge is 2.42. The number of hydrogen-bond acceptors (Lipinski definition) is 10. The van der Waals surface area contributed by atoms with Crippen molar-refractivity contribution in [1.29, 1.82) is 0 Å². The Morgan fingerprint density at radius 2 is 1.33 bits per heavy atom. The van der Waals surface area contributed by atoms with Crippen LogP contribution >= 0.6 is 11.8 Å². The van der Waals surface area contributed by atoms with Crippen molar-refractivity contribution in [3.05, 3.63) is 42.0 Å². The normalized spacial score (nSPS) is 17.8. The smallest absolute Gasteiger partial charge is 0.341 e. The fourth-order valence-electron chi connectivity index (χ4n) is 5.33. The van der Waals surface area contributed by atoms with Crippen molar-refractivity contribution in [2.75, 3.05) is 32.1 Å². The number of benzene rings is 2. The molecule has 16 heteroatoms. The van der Waals surface area contributed by atoms with Gasteiger partial charge in [-0.05, 0) is 60.7 Å². The van der Waals surface area contributed by atoms with Gasteiger partial charge in [0, 0.05) is 42.0 Å². The Labute approximate surface area is 279 Å². The van der Waals surface area contributed by atoms with Crippen LogP contribution < -0.4 is 30.2 Å². The fraction of sp³-hybridized carbons (Fsp3) is 0.438. The zero-order valence-corrected chi connectivity index (χ0v) is 26.7. The number of fused-ring (bicyclic) bond motifs is 1. The van der Waals surface area contributed by atoms with Crippen LogP contribution in [0.3, 0.4) is 0 Å². The Kier molecular flexibility index (Phi) is 12.9. The number of Topliss-reactive ketones (excluding diaryl/α,β-unsaturated/α-hetero) is 1. The predicted molar refractivity (Wildman–Crippen MR) is 172 cm³/mol. The second-order valence-corrected chi connectivity index (χ2v) is 12.5. The summed E-state index contributed by atoms with van der Waals surface area (Å²) in [4.78, 5) is 70.3. The lowest BCUT2D eigenvalue weighted by Gasteiger charge is -2.16. The molecule has 2 heterocycles. The summed E-state index contributed by atoms with van der Waals surface area (Å²) in [5.41, 5.74) is 0.926. The molecular weight excluding hydrogens is 650 g/mol. The molecular formula is C32H37N3O12S. The number of amides is 3. The van der Waals surface area contributed by atoms with Crippen LogP contribution in [0.25, 0.3) is 11.1 Å². The van der Waals surface area contributed by atoms with E-state index < -0.39 is 37.7 Å². The zero-order valence-electron chi connectivity index (χ0n) is 25.9. The van der Waals surface area contributed by atoms with Gasteiger partial charge in [-0.1, -0.05) is 6.42 Å². The van der Waals surface area contributed by atoms with Gasteiger partial charge in [0.25, 0.3) is 0 Å². The maximum atomic E-state index is 13.2. The summed E-state index contributed by atoms with van der Waals surface area (Å²) in [5.74, 6) is -3.05. The molecule has 0 saturated carbocycles. The molecule has 48 heavy (non-hydrogen) atoms. The van der Waals surface area contributed by atoms with E-state index in [2.05, 4.69) is 16.0 Å². The minimum Gasteiger partial charge on any atom is -0.482 e. The van der Waals surface area contributed by atoms with Gasteiger partial charge in [-0.3, -0.25) is 9.59 Å². The summed E-state index contributed by atoms with van der Waals surface area (Å²) in [7, 11) is 0. The van der Waals surface area contributed by atoms with Crippen LogP contribution in [0.2, 0.25) is 0 Å². The molecule has 15 nitrogen and oxygen atoms in total. The molecule has 0 unspecified atom stereocenters. The number of ketones is 1. The van der Waals surface area contributed by atoms with Gasteiger partial charge >= 0.3 is 23.9 Å². The third kappa shape index (κ3) is 11.1. The van der Waals surface area contributed by atoms with Gasteiger partial charge in [-0.15, -0.1) is 0 Å². The fourth-order valence-corrected chi connectivity index (χ4v) is 6.88. The number of thioether (sulfide) groups is 1. The Hall–Kier alpha value is -4.99. The maximum Gasteiger partial charge on any atom is 0.341 e. The largest absolute Gasteiger partial charge is 0.482 e. The van der Waals surface area contributed by atoms with E-state index in [1.165, 1.54) is 36.4 Å². The van der Waals surface area contributed by atoms with Gasteiger partial charge in [0.1, 0.15) is 17.2 Å². The van der Waals surface area contributed by atoms with Gasteiger partial charge in [-0.25, -0.2) is 19.2 Å². The van der Waals surface area contributed by atoms with Gasteiger partial charge in [0.05, 0.1) is 12.1 Å². The minimum absolute atomic E-state index is 0.0569. The molecule has 2 aromatic carbocycles. The molecule has 0 aromatic heterocycles.